The number of sulfonamides is 1. The Labute approximate surface area is 214 Å². The first-order chi connectivity index (χ1) is 17.0. The molecule has 1 heterocycles. The van der Waals surface area contributed by atoms with E-state index >= 15 is 0 Å². The molecule has 0 spiro atoms. The molecule has 0 N–H and O–H groups in total. The lowest BCUT2D eigenvalue weighted by atomic mass is 10.0. The van der Waals surface area contributed by atoms with Gasteiger partial charge >= 0.3 is 0 Å². The lowest BCUT2D eigenvalue weighted by Gasteiger charge is -2.38. The Hall–Kier alpha value is -2.38. The molecule has 35 heavy (non-hydrogen) atoms. The summed E-state index contributed by atoms with van der Waals surface area (Å²) in [6.45, 7) is 3.18. The fraction of sp³-hybridized carbons (Fsp3) is 0.357. The van der Waals surface area contributed by atoms with Gasteiger partial charge in [-0.2, -0.15) is 4.31 Å². The van der Waals surface area contributed by atoms with Gasteiger partial charge in [-0.05, 0) is 74.2 Å². The molecular formula is C28H33ClN2O3S. The van der Waals surface area contributed by atoms with Crippen LogP contribution in [-0.2, 0) is 22.9 Å². The van der Waals surface area contributed by atoms with Crippen LogP contribution in [0.15, 0.2) is 83.8 Å². The van der Waals surface area contributed by atoms with Crippen molar-refractivity contribution in [2.45, 2.75) is 36.6 Å². The van der Waals surface area contributed by atoms with E-state index < -0.39 is 10.0 Å². The summed E-state index contributed by atoms with van der Waals surface area (Å²) in [5.74, 6) is 0.547. The summed E-state index contributed by atoms with van der Waals surface area (Å²) >= 11 is 6.00. The van der Waals surface area contributed by atoms with Gasteiger partial charge in [-0.25, -0.2) is 8.42 Å². The molecule has 0 saturated carbocycles. The average molecular weight is 513 g/mol. The van der Waals surface area contributed by atoms with Crippen LogP contribution in [0, 0.1) is 0 Å². The van der Waals surface area contributed by atoms with Gasteiger partial charge < -0.3 is 9.64 Å². The highest BCUT2D eigenvalue weighted by Gasteiger charge is 2.33. The number of rotatable bonds is 10. The predicted octanol–water partition coefficient (Wildman–Crippen LogP) is 5.29. The maximum absolute atomic E-state index is 13.8. The van der Waals surface area contributed by atoms with E-state index in [0.29, 0.717) is 18.7 Å². The zero-order chi connectivity index (χ0) is 24.7. The molecule has 1 aliphatic rings. The van der Waals surface area contributed by atoms with Crippen molar-refractivity contribution in [2.24, 2.45) is 0 Å². The molecular weight excluding hydrogens is 480 g/mol. The van der Waals surface area contributed by atoms with Gasteiger partial charge in [-0.15, -0.1) is 0 Å². The van der Waals surface area contributed by atoms with Crippen molar-refractivity contribution in [3.63, 3.8) is 0 Å². The first kappa shape index (κ1) is 25.7. The van der Waals surface area contributed by atoms with Crippen molar-refractivity contribution in [3.8, 4) is 5.75 Å². The molecule has 186 valence electrons. The summed E-state index contributed by atoms with van der Waals surface area (Å²) in [7, 11) is -2.10. The van der Waals surface area contributed by atoms with Gasteiger partial charge in [0.25, 0.3) is 0 Å². The van der Waals surface area contributed by atoms with E-state index in [1.807, 2.05) is 30.3 Å². The smallest absolute Gasteiger partial charge is 0.243 e. The van der Waals surface area contributed by atoms with E-state index in [9.17, 15) is 8.42 Å². The maximum Gasteiger partial charge on any atom is 0.243 e. The summed E-state index contributed by atoms with van der Waals surface area (Å²) in [5.41, 5.74) is 2.40. The zero-order valence-corrected chi connectivity index (χ0v) is 21.7. The molecule has 5 nitrogen and oxygen atoms in total. The Morgan fingerprint density at radius 3 is 2.29 bits per heavy atom. The zero-order valence-electron chi connectivity index (χ0n) is 20.1. The second kappa shape index (κ2) is 12.0. The van der Waals surface area contributed by atoms with E-state index in [1.165, 1.54) is 5.56 Å². The Morgan fingerprint density at radius 2 is 1.60 bits per heavy atom. The molecule has 1 fully saturated rings. The number of benzene rings is 3. The fourth-order valence-corrected chi connectivity index (χ4v) is 6.50. The van der Waals surface area contributed by atoms with Crippen LogP contribution < -0.4 is 4.74 Å². The van der Waals surface area contributed by atoms with Crippen molar-refractivity contribution in [1.82, 2.24) is 9.21 Å². The minimum absolute atomic E-state index is 0.0262. The summed E-state index contributed by atoms with van der Waals surface area (Å²) < 4.78 is 34.6. The van der Waals surface area contributed by atoms with Crippen molar-refractivity contribution in [1.29, 1.82) is 0 Å². The van der Waals surface area contributed by atoms with E-state index in [0.717, 1.165) is 49.5 Å². The van der Waals surface area contributed by atoms with E-state index in [1.54, 1.807) is 35.7 Å². The minimum Gasteiger partial charge on any atom is -0.497 e. The summed E-state index contributed by atoms with van der Waals surface area (Å²) in [4.78, 5) is 2.72. The quantitative estimate of drug-likeness (QED) is 0.370. The first-order valence-electron chi connectivity index (χ1n) is 12.1. The van der Waals surface area contributed by atoms with Crippen molar-refractivity contribution >= 4 is 21.6 Å². The number of nitrogens with zero attached hydrogens (tertiary/aromatic N) is 2. The number of likely N-dealkylation sites (tertiary alicyclic amines) is 1. The molecule has 0 bridgehead atoms. The molecule has 3 aromatic rings. The van der Waals surface area contributed by atoms with Crippen LogP contribution >= 0.6 is 11.6 Å². The number of hydrogen-bond acceptors (Lipinski definition) is 4. The molecule has 1 saturated heterocycles. The monoisotopic (exact) mass is 512 g/mol. The van der Waals surface area contributed by atoms with Gasteiger partial charge in [0.15, 0.2) is 0 Å². The van der Waals surface area contributed by atoms with Gasteiger partial charge in [0.05, 0.1) is 12.0 Å². The Balaban J connectivity index is 1.45. The summed E-state index contributed by atoms with van der Waals surface area (Å²) in [6.07, 6.45) is 3.28. The number of piperidine rings is 1. The largest absolute Gasteiger partial charge is 0.497 e. The van der Waals surface area contributed by atoms with Gasteiger partial charge in [-0.3, -0.25) is 0 Å². The Kier molecular flexibility index (Phi) is 8.84. The van der Waals surface area contributed by atoms with Crippen LogP contribution in [0.4, 0.5) is 0 Å². The molecule has 0 unspecified atom stereocenters. The number of hydrogen-bond donors (Lipinski definition) is 0. The standard InChI is InChI=1S/C28H33ClN2O3S/c1-34-27-8-5-9-28(22-27)35(32,33)31(21-15-23-6-3-2-4-7-23)26-16-19-30(20-17-26)18-14-24-10-12-25(29)13-11-24/h2-13,22,26H,14-21H2,1H3. The first-order valence-corrected chi connectivity index (χ1v) is 13.9. The third-order valence-electron chi connectivity index (χ3n) is 6.71. The van der Waals surface area contributed by atoms with Crippen molar-refractivity contribution in [2.75, 3.05) is 33.3 Å². The number of halogens is 1. The third kappa shape index (κ3) is 6.85. The average Bonchev–Trinajstić information content (AvgIpc) is 2.89. The van der Waals surface area contributed by atoms with E-state index in [4.69, 9.17) is 16.3 Å². The molecule has 0 aromatic heterocycles. The maximum atomic E-state index is 13.8. The number of methoxy groups -OCH3 is 1. The second-order valence-corrected chi connectivity index (χ2v) is 11.3. The van der Waals surface area contributed by atoms with Gasteiger partial charge in [0.1, 0.15) is 5.75 Å². The molecule has 7 heteroatoms. The Morgan fingerprint density at radius 1 is 0.914 bits per heavy atom. The lowest BCUT2D eigenvalue weighted by Crippen LogP contribution is -2.48. The lowest BCUT2D eigenvalue weighted by molar-refractivity contribution is 0.160. The highest BCUT2D eigenvalue weighted by molar-refractivity contribution is 7.89. The second-order valence-electron chi connectivity index (χ2n) is 8.98. The van der Waals surface area contributed by atoms with E-state index in [-0.39, 0.29) is 10.9 Å². The summed E-state index contributed by atoms with van der Waals surface area (Å²) in [6, 6.07) is 24.8. The van der Waals surface area contributed by atoms with Gasteiger partial charge in [0, 0.05) is 30.2 Å². The Bertz CT molecular complexity index is 1180. The van der Waals surface area contributed by atoms with E-state index in [2.05, 4.69) is 29.2 Å². The third-order valence-corrected chi connectivity index (χ3v) is 8.91. The SMILES string of the molecule is COc1cccc(S(=O)(=O)N(CCc2ccccc2)C2CCN(CCc3ccc(Cl)cc3)CC2)c1. The van der Waals surface area contributed by atoms with Crippen LogP contribution in [0.5, 0.6) is 5.75 Å². The van der Waals surface area contributed by atoms with Crippen LogP contribution in [0.25, 0.3) is 0 Å². The molecule has 0 amide bonds. The highest BCUT2D eigenvalue weighted by Crippen LogP contribution is 2.27. The van der Waals surface area contributed by atoms with Crippen molar-refractivity contribution < 1.29 is 13.2 Å². The van der Waals surface area contributed by atoms with Crippen LogP contribution in [0.2, 0.25) is 5.02 Å². The molecule has 0 aliphatic carbocycles. The van der Waals surface area contributed by atoms with Crippen molar-refractivity contribution in [3.05, 3.63) is 95.0 Å². The van der Waals surface area contributed by atoms with Gasteiger partial charge in [-0.1, -0.05) is 60.1 Å². The molecule has 3 aromatic carbocycles. The normalized spacial score (nSPS) is 15.4. The molecule has 0 atom stereocenters. The summed E-state index contributed by atoms with van der Waals surface area (Å²) in [5, 5.41) is 0.752. The molecule has 4 rings (SSSR count). The van der Waals surface area contributed by atoms with Crippen LogP contribution in [0.1, 0.15) is 24.0 Å². The predicted molar refractivity (Wildman–Crippen MR) is 142 cm³/mol. The topological polar surface area (TPSA) is 49.9 Å². The van der Waals surface area contributed by atoms with Gasteiger partial charge in [0.2, 0.25) is 10.0 Å². The number of ether oxygens (including phenoxy) is 1. The molecule has 0 radical (unpaired) electrons. The van der Waals surface area contributed by atoms with Crippen LogP contribution in [-0.4, -0.2) is 57.0 Å². The minimum atomic E-state index is -3.66. The fourth-order valence-electron chi connectivity index (χ4n) is 4.65. The van der Waals surface area contributed by atoms with Crippen LogP contribution in [0.3, 0.4) is 0 Å². The highest BCUT2D eigenvalue weighted by atomic mass is 35.5. The molecule has 1 aliphatic heterocycles.